The zero-order chi connectivity index (χ0) is 18.7. The van der Waals surface area contributed by atoms with Crippen LogP contribution in [-0.4, -0.2) is 50.3 Å². The molecule has 2 saturated heterocycles. The topological polar surface area (TPSA) is 78.5 Å². The second-order valence-corrected chi connectivity index (χ2v) is 9.51. The summed E-state index contributed by atoms with van der Waals surface area (Å²) in [5.41, 5.74) is 1.04. The molecule has 8 heteroatoms. The number of carbonyl (C=O) groups excluding carboxylic acids is 1. The van der Waals surface area contributed by atoms with Crippen molar-refractivity contribution in [2.24, 2.45) is 5.92 Å². The van der Waals surface area contributed by atoms with Crippen molar-refractivity contribution in [1.82, 2.24) is 14.9 Å². The number of benzene rings is 1. The third-order valence-electron chi connectivity index (χ3n) is 5.45. The molecule has 2 aliphatic heterocycles. The SMILES string of the molecule is Cc1ccc(S(=O)(=O)N2CCC(NC(=O)[C@H]3CCN[C@@H](C)C3)CC2)cc1.Cl. The molecular formula is C19H30ClN3O3S. The summed E-state index contributed by atoms with van der Waals surface area (Å²) in [6.07, 6.45) is 3.07. The van der Waals surface area contributed by atoms with Crippen LogP contribution in [0.15, 0.2) is 29.2 Å². The molecular weight excluding hydrogens is 386 g/mol. The molecule has 2 aliphatic rings. The predicted molar refractivity (Wildman–Crippen MR) is 109 cm³/mol. The Morgan fingerprint density at radius 1 is 1.15 bits per heavy atom. The van der Waals surface area contributed by atoms with E-state index in [4.69, 9.17) is 0 Å². The first-order valence-electron chi connectivity index (χ1n) is 9.47. The van der Waals surface area contributed by atoms with Gasteiger partial charge in [0.05, 0.1) is 4.90 Å². The summed E-state index contributed by atoms with van der Waals surface area (Å²) in [5, 5.41) is 6.50. The molecule has 0 unspecified atom stereocenters. The molecule has 2 N–H and O–H groups in total. The Bertz CT molecular complexity index is 731. The van der Waals surface area contributed by atoms with E-state index in [9.17, 15) is 13.2 Å². The fraction of sp³-hybridized carbons (Fsp3) is 0.632. The van der Waals surface area contributed by atoms with E-state index < -0.39 is 10.0 Å². The Balaban J connectivity index is 0.00000261. The normalized spacial score (nSPS) is 24.8. The summed E-state index contributed by atoms with van der Waals surface area (Å²) in [4.78, 5) is 12.8. The molecule has 2 heterocycles. The monoisotopic (exact) mass is 415 g/mol. The third-order valence-corrected chi connectivity index (χ3v) is 7.37. The van der Waals surface area contributed by atoms with Crippen molar-refractivity contribution in [1.29, 1.82) is 0 Å². The molecule has 0 spiro atoms. The van der Waals surface area contributed by atoms with Gasteiger partial charge in [0.1, 0.15) is 0 Å². The predicted octanol–water partition coefficient (Wildman–Crippen LogP) is 2.07. The molecule has 6 nitrogen and oxygen atoms in total. The van der Waals surface area contributed by atoms with Gasteiger partial charge < -0.3 is 10.6 Å². The van der Waals surface area contributed by atoms with Crippen LogP contribution in [-0.2, 0) is 14.8 Å². The van der Waals surface area contributed by atoms with Gasteiger partial charge >= 0.3 is 0 Å². The molecule has 1 amide bonds. The summed E-state index contributed by atoms with van der Waals surface area (Å²) in [5.74, 6) is 0.193. The van der Waals surface area contributed by atoms with Crippen LogP contribution >= 0.6 is 12.4 Å². The quantitative estimate of drug-likeness (QED) is 0.789. The Kier molecular flexibility index (Phi) is 7.68. The summed E-state index contributed by atoms with van der Waals surface area (Å²) < 4.78 is 27.0. The zero-order valence-corrected chi connectivity index (χ0v) is 17.6. The number of carbonyl (C=O) groups is 1. The average Bonchev–Trinajstić information content (AvgIpc) is 2.62. The molecule has 0 aromatic heterocycles. The molecule has 0 saturated carbocycles. The maximum Gasteiger partial charge on any atom is 0.243 e. The van der Waals surface area contributed by atoms with Crippen LogP contribution in [0.4, 0.5) is 0 Å². The molecule has 0 aliphatic carbocycles. The van der Waals surface area contributed by atoms with Gasteiger partial charge in [-0.15, -0.1) is 12.4 Å². The van der Waals surface area contributed by atoms with Crippen molar-refractivity contribution < 1.29 is 13.2 Å². The van der Waals surface area contributed by atoms with Crippen LogP contribution in [0.2, 0.25) is 0 Å². The van der Waals surface area contributed by atoms with E-state index in [1.165, 1.54) is 4.31 Å². The Morgan fingerprint density at radius 3 is 2.37 bits per heavy atom. The number of rotatable bonds is 4. The van der Waals surface area contributed by atoms with Crippen molar-refractivity contribution in [2.45, 2.75) is 56.5 Å². The molecule has 0 radical (unpaired) electrons. The van der Waals surface area contributed by atoms with Crippen molar-refractivity contribution in [3.8, 4) is 0 Å². The molecule has 27 heavy (non-hydrogen) atoms. The van der Waals surface area contributed by atoms with Gasteiger partial charge in [-0.25, -0.2) is 8.42 Å². The van der Waals surface area contributed by atoms with Crippen LogP contribution in [0.1, 0.15) is 38.2 Å². The number of halogens is 1. The average molecular weight is 416 g/mol. The van der Waals surface area contributed by atoms with E-state index in [0.29, 0.717) is 36.9 Å². The highest BCUT2D eigenvalue weighted by Gasteiger charge is 2.31. The summed E-state index contributed by atoms with van der Waals surface area (Å²) in [6.45, 7) is 5.82. The molecule has 1 aromatic carbocycles. The van der Waals surface area contributed by atoms with E-state index in [1.807, 2.05) is 19.1 Å². The summed E-state index contributed by atoms with van der Waals surface area (Å²) in [7, 11) is -3.45. The minimum absolute atomic E-state index is 0. The van der Waals surface area contributed by atoms with Gasteiger partial charge in [0.15, 0.2) is 0 Å². The Hall–Kier alpha value is -1.15. The van der Waals surface area contributed by atoms with Crippen LogP contribution in [0, 0.1) is 12.8 Å². The Morgan fingerprint density at radius 2 is 1.78 bits per heavy atom. The van der Waals surface area contributed by atoms with Crippen LogP contribution in [0.3, 0.4) is 0 Å². The number of piperidine rings is 2. The highest BCUT2D eigenvalue weighted by atomic mass is 35.5. The van der Waals surface area contributed by atoms with Gasteiger partial charge in [-0.05, 0) is 58.2 Å². The zero-order valence-electron chi connectivity index (χ0n) is 16.0. The molecule has 2 atom stereocenters. The number of nitrogens with one attached hydrogen (secondary N) is 2. The highest BCUT2D eigenvalue weighted by Crippen LogP contribution is 2.22. The van der Waals surface area contributed by atoms with Crippen LogP contribution < -0.4 is 10.6 Å². The van der Waals surface area contributed by atoms with Gasteiger partial charge in [0.2, 0.25) is 15.9 Å². The lowest BCUT2D eigenvalue weighted by Gasteiger charge is -2.33. The van der Waals surface area contributed by atoms with Gasteiger partial charge in [-0.3, -0.25) is 4.79 Å². The standard InChI is InChI=1S/C19H29N3O3S.ClH/c1-14-3-5-18(6-4-14)26(24,25)22-11-8-17(9-12-22)21-19(23)16-7-10-20-15(2)13-16;/h3-6,15-17,20H,7-13H2,1-2H3,(H,21,23);1H/t15-,16-;/m0./s1. The second-order valence-electron chi connectivity index (χ2n) is 7.58. The molecule has 3 rings (SSSR count). The van der Waals surface area contributed by atoms with Gasteiger partial charge in [0.25, 0.3) is 0 Å². The van der Waals surface area contributed by atoms with Gasteiger partial charge in [-0.2, -0.15) is 4.31 Å². The first kappa shape index (κ1) is 22.1. The number of hydrogen-bond donors (Lipinski definition) is 2. The number of sulfonamides is 1. The van der Waals surface area contributed by atoms with E-state index in [2.05, 4.69) is 17.6 Å². The molecule has 152 valence electrons. The third kappa shape index (κ3) is 5.44. The van der Waals surface area contributed by atoms with E-state index in [1.54, 1.807) is 12.1 Å². The molecule has 1 aromatic rings. The molecule has 2 fully saturated rings. The minimum atomic E-state index is -3.45. The lowest BCUT2D eigenvalue weighted by molar-refractivity contribution is -0.127. The number of aryl methyl sites for hydroxylation is 1. The first-order valence-corrected chi connectivity index (χ1v) is 10.9. The summed E-state index contributed by atoms with van der Waals surface area (Å²) >= 11 is 0. The van der Waals surface area contributed by atoms with Crippen molar-refractivity contribution in [3.63, 3.8) is 0 Å². The molecule has 0 bridgehead atoms. The van der Waals surface area contributed by atoms with Crippen molar-refractivity contribution >= 4 is 28.3 Å². The maximum absolute atomic E-state index is 12.7. The lowest BCUT2D eigenvalue weighted by atomic mass is 9.92. The Labute approximate surface area is 168 Å². The minimum Gasteiger partial charge on any atom is -0.353 e. The van der Waals surface area contributed by atoms with E-state index in [-0.39, 0.29) is 30.3 Å². The second kappa shape index (κ2) is 9.37. The fourth-order valence-corrected chi connectivity index (χ4v) is 5.26. The van der Waals surface area contributed by atoms with Crippen LogP contribution in [0.5, 0.6) is 0 Å². The van der Waals surface area contributed by atoms with Gasteiger partial charge in [-0.1, -0.05) is 17.7 Å². The number of hydrogen-bond acceptors (Lipinski definition) is 4. The van der Waals surface area contributed by atoms with Crippen molar-refractivity contribution in [2.75, 3.05) is 19.6 Å². The lowest BCUT2D eigenvalue weighted by Crippen LogP contribution is -2.49. The van der Waals surface area contributed by atoms with Gasteiger partial charge in [0, 0.05) is 31.1 Å². The van der Waals surface area contributed by atoms with Crippen LogP contribution in [0.25, 0.3) is 0 Å². The highest BCUT2D eigenvalue weighted by molar-refractivity contribution is 7.89. The van der Waals surface area contributed by atoms with E-state index >= 15 is 0 Å². The summed E-state index contributed by atoms with van der Waals surface area (Å²) in [6, 6.07) is 7.41. The fourth-order valence-electron chi connectivity index (χ4n) is 3.79. The smallest absolute Gasteiger partial charge is 0.243 e. The number of nitrogens with zero attached hydrogens (tertiary/aromatic N) is 1. The number of amides is 1. The maximum atomic E-state index is 12.7. The largest absolute Gasteiger partial charge is 0.353 e. The van der Waals surface area contributed by atoms with E-state index in [0.717, 1.165) is 24.9 Å². The van der Waals surface area contributed by atoms with Crippen molar-refractivity contribution in [3.05, 3.63) is 29.8 Å². The first-order chi connectivity index (χ1) is 12.4.